The van der Waals surface area contributed by atoms with Crippen LogP contribution in [0.2, 0.25) is 0 Å². The van der Waals surface area contributed by atoms with Crippen LogP contribution in [0.3, 0.4) is 0 Å². The Hall–Kier alpha value is -1.37. The molecular weight excluding hydrogens is 398 g/mol. The highest BCUT2D eigenvalue weighted by molar-refractivity contribution is 8.13. The van der Waals surface area contributed by atoms with Crippen molar-refractivity contribution in [1.82, 2.24) is 9.96 Å². The summed E-state index contributed by atoms with van der Waals surface area (Å²) in [5.74, 6) is -0.316. The Labute approximate surface area is 164 Å². The molecule has 27 heavy (non-hydrogen) atoms. The lowest BCUT2D eigenvalue weighted by atomic mass is 9.98. The number of hydrogen-bond acceptors (Lipinski definition) is 8. The van der Waals surface area contributed by atoms with Gasteiger partial charge in [0.15, 0.2) is 5.12 Å². The Morgan fingerprint density at radius 3 is 2.44 bits per heavy atom. The van der Waals surface area contributed by atoms with E-state index in [1.54, 1.807) is 20.8 Å². The van der Waals surface area contributed by atoms with Gasteiger partial charge in [-0.3, -0.25) is 9.59 Å². The Kier molecular flexibility index (Phi) is 8.08. The minimum atomic E-state index is -4.53. The van der Waals surface area contributed by atoms with E-state index >= 15 is 0 Å². The molecule has 0 aliphatic carbocycles. The van der Waals surface area contributed by atoms with Crippen LogP contribution in [-0.2, 0) is 28.5 Å². The van der Waals surface area contributed by atoms with E-state index in [1.807, 2.05) is 0 Å². The van der Waals surface area contributed by atoms with Crippen molar-refractivity contribution >= 4 is 39.2 Å². The quantitative estimate of drug-likeness (QED) is 0.605. The number of urea groups is 1. The van der Waals surface area contributed by atoms with Crippen LogP contribution in [0.1, 0.15) is 40.5 Å². The van der Waals surface area contributed by atoms with Gasteiger partial charge >= 0.3 is 16.4 Å². The first-order valence-corrected chi connectivity index (χ1v) is 10.7. The Bertz CT molecular complexity index is 681. The molecule has 1 heterocycles. The van der Waals surface area contributed by atoms with Gasteiger partial charge in [0.05, 0.1) is 12.6 Å². The van der Waals surface area contributed by atoms with Crippen LogP contribution < -0.4 is 5.73 Å². The topological polar surface area (TPSA) is 136 Å². The number of nitrogens with two attached hydrogens (primary N) is 1. The van der Waals surface area contributed by atoms with Crippen molar-refractivity contribution in [3.63, 3.8) is 0 Å². The molecule has 0 aromatic rings. The first kappa shape index (κ1) is 23.7. The van der Waals surface area contributed by atoms with E-state index < -0.39 is 39.8 Å². The van der Waals surface area contributed by atoms with E-state index in [9.17, 15) is 22.8 Å². The number of carbonyl (C=O) groups excluding carboxylic acids is 3. The molecule has 0 unspecified atom stereocenters. The molecule has 3 amide bonds. The molecule has 1 saturated heterocycles. The van der Waals surface area contributed by atoms with Crippen LogP contribution in [0.4, 0.5) is 4.79 Å². The smallest absolute Gasteiger partial charge is 0.368 e. The number of thioether (sulfide) groups is 1. The molecule has 1 rings (SSSR count). The van der Waals surface area contributed by atoms with Crippen molar-refractivity contribution in [1.29, 1.82) is 0 Å². The van der Waals surface area contributed by atoms with Crippen molar-refractivity contribution in [3.8, 4) is 0 Å². The van der Waals surface area contributed by atoms with Gasteiger partial charge in [-0.1, -0.05) is 25.6 Å². The van der Waals surface area contributed by atoms with Crippen LogP contribution >= 0.6 is 11.8 Å². The fourth-order valence-corrected chi connectivity index (χ4v) is 3.91. The number of hydrogen-bond donors (Lipinski definition) is 1. The standard InChI is InChI=1S/C15H27N3O7S2/c1-10-6-7-12(13(16)20)17(5)14(21)18(10)25-27(22,23)24-8-15(3,4)9-26-11(2)19/h10,12H,6-9H2,1-5H3,(H2,16,20)/t10-,12-/m0/s1. The lowest BCUT2D eigenvalue weighted by Crippen LogP contribution is -2.50. The number of nitrogens with zero attached hydrogens (tertiary/aromatic N) is 2. The highest BCUT2D eigenvalue weighted by Crippen LogP contribution is 2.25. The molecule has 2 N–H and O–H groups in total. The highest BCUT2D eigenvalue weighted by Gasteiger charge is 2.38. The molecule has 1 aliphatic heterocycles. The maximum Gasteiger partial charge on any atom is 0.421 e. The maximum atomic E-state index is 12.5. The van der Waals surface area contributed by atoms with Crippen LogP contribution in [0.5, 0.6) is 0 Å². The average Bonchev–Trinajstić information content (AvgIpc) is 2.64. The van der Waals surface area contributed by atoms with Crippen molar-refractivity contribution in [2.45, 2.75) is 52.6 Å². The second-order valence-electron chi connectivity index (χ2n) is 7.25. The summed E-state index contributed by atoms with van der Waals surface area (Å²) in [4.78, 5) is 36.1. The van der Waals surface area contributed by atoms with E-state index in [2.05, 4.69) is 0 Å². The second-order valence-corrected chi connectivity index (χ2v) is 9.61. The van der Waals surface area contributed by atoms with E-state index in [0.29, 0.717) is 17.2 Å². The molecule has 0 aromatic heterocycles. The van der Waals surface area contributed by atoms with Crippen molar-refractivity contribution in [3.05, 3.63) is 0 Å². The Morgan fingerprint density at radius 1 is 1.33 bits per heavy atom. The maximum absolute atomic E-state index is 12.5. The normalized spacial score (nSPS) is 21.9. The molecule has 1 fully saturated rings. The van der Waals surface area contributed by atoms with Gasteiger partial charge in [0.25, 0.3) is 0 Å². The third-order valence-electron chi connectivity index (χ3n) is 3.98. The third-order valence-corrected chi connectivity index (χ3v) is 6.06. The van der Waals surface area contributed by atoms with Crippen LogP contribution in [0.15, 0.2) is 0 Å². The fraction of sp³-hybridized carbons (Fsp3) is 0.800. The zero-order valence-electron chi connectivity index (χ0n) is 16.1. The van der Waals surface area contributed by atoms with Gasteiger partial charge in [0.1, 0.15) is 6.04 Å². The lowest BCUT2D eigenvalue weighted by Gasteiger charge is -2.29. The van der Waals surface area contributed by atoms with Gasteiger partial charge in [0.2, 0.25) is 5.91 Å². The molecule has 0 spiro atoms. The molecule has 12 heteroatoms. The minimum absolute atomic E-state index is 0.0850. The van der Waals surface area contributed by atoms with Gasteiger partial charge in [0, 0.05) is 19.7 Å². The predicted octanol–water partition coefficient (Wildman–Crippen LogP) is 0.875. The average molecular weight is 426 g/mol. The van der Waals surface area contributed by atoms with Gasteiger partial charge < -0.3 is 10.6 Å². The van der Waals surface area contributed by atoms with Crippen LogP contribution in [-0.4, -0.2) is 66.9 Å². The summed E-state index contributed by atoms with van der Waals surface area (Å²) in [5, 5.41) is 0.591. The summed E-state index contributed by atoms with van der Waals surface area (Å²) in [7, 11) is -3.18. The fourth-order valence-electron chi connectivity index (χ4n) is 2.32. The molecule has 0 radical (unpaired) electrons. The molecule has 0 bridgehead atoms. The van der Waals surface area contributed by atoms with E-state index in [4.69, 9.17) is 14.2 Å². The lowest BCUT2D eigenvalue weighted by molar-refractivity contribution is -0.122. The summed E-state index contributed by atoms with van der Waals surface area (Å²) >= 11 is 1.06. The zero-order chi connectivity index (χ0) is 21.0. The van der Waals surface area contributed by atoms with Crippen molar-refractivity contribution in [2.75, 3.05) is 19.4 Å². The summed E-state index contributed by atoms with van der Waals surface area (Å²) in [5.41, 5.74) is 4.68. The number of carbonyl (C=O) groups is 3. The SMILES string of the molecule is CC(=O)SCC(C)(C)COS(=O)(=O)ON1C(=O)N(C)[C@H](C(N)=O)CC[C@@H]1C. The summed E-state index contributed by atoms with van der Waals surface area (Å²) in [6, 6.07) is -2.26. The van der Waals surface area contributed by atoms with Gasteiger partial charge in [-0.15, -0.1) is 4.28 Å². The summed E-state index contributed by atoms with van der Waals surface area (Å²) in [6.07, 6.45) is 0.606. The zero-order valence-corrected chi connectivity index (χ0v) is 17.8. The summed E-state index contributed by atoms with van der Waals surface area (Å²) < 4.78 is 34.1. The first-order valence-electron chi connectivity index (χ1n) is 8.33. The van der Waals surface area contributed by atoms with Crippen molar-refractivity contribution in [2.24, 2.45) is 11.1 Å². The molecule has 156 valence electrons. The van der Waals surface area contributed by atoms with Gasteiger partial charge in [-0.2, -0.15) is 13.5 Å². The van der Waals surface area contributed by atoms with E-state index in [0.717, 1.165) is 16.7 Å². The van der Waals surface area contributed by atoms with E-state index in [1.165, 1.54) is 14.0 Å². The molecular formula is C15H27N3O7S2. The third kappa shape index (κ3) is 7.28. The Balaban J connectivity index is 2.80. The predicted molar refractivity (Wildman–Crippen MR) is 99.6 cm³/mol. The van der Waals surface area contributed by atoms with E-state index in [-0.39, 0.29) is 18.1 Å². The Morgan fingerprint density at radius 2 is 1.93 bits per heavy atom. The number of primary amides is 1. The molecule has 0 aromatic carbocycles. The molecule has 1 aliphatic rings. The number of hydroxylamine groups is 2. The number of likely N-dealkylation sites (N-methyl/N-ethyl adjacent to an activating group) is 1. The van der Waals surface area contributed by atoms with Gasteiger partial charge in [-0.05, 0) is 25.2 Å². The van der Waals surface area contributed by atoms with Crippen LogP contribution in [0.25, 0.3) is 0 Å². The number of rotatable bonds is 8. The van der Waals surface area contributed by atoms with Crippen LogP contribution in [0, 0.1) is 5.41 Å². The minimum Gasteiger partial charge on any atom is -0.368 e. The molecule has 0 saturated carbocycles. The number of amides is 3. The molecule has 10 nitrogen and oxygen atoms in total. The first-order chi connectivity index (χ1) is 12.3. The summed E-state index contributed by atoms with van der Waals surface area (Å²) in [6.45, 7) is 6.26. The second kappa shape index (κ2) is 9.22. The highest BCUT2D eigenvalue weighted by atomic mass is 32.3. The molecule has 2 atom stereocenters. The largest absolute Gasteiger partial charge is 0.421 e. The monoisotopic (exact) mass is 425 g/mol. The van der Waals surface area contributed by atoms with Crippen molar-refractivity contribution < 1.29 is 31.3 Å². The van der Waals surface area contributed by atoms with Gasteiger partial charge in [-0.25, -0.2) is 8.98 Å².